The van der Waals surface area contributed by atoms with Crippen molar-refractivity contribution in [2.24, 2.45) is 11.7 Å². The number of unbranched alkanes of at least 4 members (excludes halogenated alkanes) is 22. The van der Waals surface area contributed by atoms with Crippen LogP contribution in [0.4, 0.5) is 0 Å². The van der Waals surface area contributed by atoms with Gasteiger partial charge in [0, 0.05) is 5.92 Å². The highest BCUT2D eigenvalue weighted by Gasteiger charge is 2.14. The van der Waals surface area contributed by atoms with Gasteiger partial charge in [-0.1, -0.05) is 154 Å². The fourth-order valence-corrected chi connectivity index (χ4v) is 5.35. The number of hydrogen-bond donors (Lipinski definition) is 1. The van der Waals surface area contributed by atoms with Crippen molar-refractivity contribution in [3.05, 3.63) is 24.3 Å². The first kappa shape index (κ1) is 37.0. The van der Waals surface area contributed by atoms with Gasteiger partial charge in [-0.25, -0.2) is 0 Å². The molecule has 38 heavy (non-hydrogen) atoms. The third kappa shape index (κ3) is 29.5. The van der Waals surface area contributed by atoms with Crippen molar-refractivity contribution in [2.45, 2.75) is 194 Å². The van der Waals surface area contributed by atoms with Crippen LogP contribution < -0.4 is 5.73 Å². The molecule has 1 atom stereocenters. The quantitative estimate of drug-likeness (QED) is 0.0701. The van der Waals surface area contributed by atoms with Gasteiger partial charge in [0.2, 0.25) is 5.91 Å². The van der Waals surface area contributed by atoms with Crippen molar-refractivity contribution in [3.63, 3.8) is 0 Å². The topological polar surface area (TPSA) is 43.1 Å². The molecule has 2 heteroatoms. The SMILES string of the molecule is CCCCCCCC/C=C\CCCCCCCCC(CCCCCC/C=C\CCCCCCCC)C(N)=O. The van der Waals surface area contributed by atoms with Crippen molar-refractivity contribution in [2.75, 3.05) is 0 Å². The lowest BCUT2D eigenvalue weighted by Crippen LogP contribution is -2.23. The van der Waals surface area contributed by atoms with Gasteiger partial charge in [-0.15, -0.1) is 0 Å². The number of allylic oxidation sites excluding steroid dienone is 4. The minimum Gasteiger partial charge on any atom is -0.369 e. The van der Waals surface area contributed by atoms with Gasteiger partial charge in [0.05, 0.1) is 0 Å². The molecule has 2 N–H and O–H groups in total. The lowest BCUT2D eigenvalue weighted by molar-refractivity contribution is -0.122. The summed E-state index contributed by atoms with van der Waals surface area (Å²) in [7, 11) is 0. The molecule has 1 amide bonds. The van der Waals surface area contributed by atoms with Crippen LogP contribution in [0.1, 0.15) is 194 Å². The summed E-state index contributed by atoms with van der Waals surface area (Å²) in [6, 6.07) is 0. The average molecular weight is 532 g/mol. The van der Waals surface area contributed by atoms with E-state index in [1.165, 1.54) is 154 Å². The highest BCUT2D eigenvalue weighted by molar-refractivity contribution is 5.76. The van der Waals surface area contributed by atoms with Gasteiger partial charge in [-0.05, 0) is 64.2 Å². The van der Waals surface area contributed by atoms with E-state index in [4.69, 9.17) is 5.73 Å². The van der Waals surface area contributed by atoms with E-state index in [0.717, 1.165) is 25.7 Å². The number of amides is 1. The molecular formula is C36H69NO. The van der Waals surface area contributed by atoms with Crippen molar-refractivity contribution in [1.29, 1.82) is 0 Å². The monoisotopic (exact) mass is 532 g/mol. The van der Waals surface area contributed by atoms with E-state index < -0.39 is 0 Å². The van der Waals surface area contributed by atoms with Crippen LogP contribution in [0.25, 0.3) is 0 Å². The molecule has 0 saturated heterocycles. The van der Waals surface area contributed by atoms with Crippen molar-refractivity contribution in [1.82, 2.24) is 0 Å². The molecule has 2 nitrogen and oxygen atoms in total. The average Bonchev–Trinajstić information content (AvgIpc) is 2.91. The molecule has 0 aromatic heterocycles. The van der Waals surface area contributed by atoms with Crippen LogP contribution in [0.3, 0.4) is 0 Å². The summed E-state index contributed by atoms with van der Waals surface area (Å²) in [6.07, 6.45) is 45.8. The van der Waals surface area contributed by atoms with Gasteiger partial charge in [-0.2, -0.15) is 0 Å². The summed E-state index contributed by atoms with van der Waals surface area (Å²) in [4.78, 5) is 11.9. The second-order valence-electron chi connectivity index (χ2n) is 11.8. The lowest BCUT2D eigenvalue weighted by Gasteiger charge is -2.13. The van der Waals surface area contributed by atoms with Crippen LogP contribution in [0.5, 0.6) is 0 Å². The predicted octanol–water partition coefficient (Wildman–Crippen LogP) is 12.2. The maximum atomic E-state index is 11.9. The van der Waals surface area contributed by atoms with E-state index in [9.17, 15) is 4.79 Å². The Labute approximate surface area is 240 Å². The van der Waals surface area contributed by atoms with Crippen LogP contribution in [0, 0.1) is 5.92 Å². The number of primary amides is 1. The molecule has 0 rings (SSSR count). The third-order valence-corrected chi connectivity index (χ3v) is 8.03. The highest BCUT2D eigenvalue weighted by Crippen LogP contribution is 2.19. The standard InChI is InChI=1S/C36H69NO/c1-3-5-7-9-11-13-15-17-19-20-22-24-26-28-30-32-34-35(36(37)38)33-31-29-27-25-23-21-18-16-14-12-10-8-6-4-2/h17-19,21,35H,3-16,20,22-34H2,1-2H3,(H2,37,38)/b19-17-,21-18-. The van der Waals surface area contributed by atoms with Crippen molar-refractivity contribution < 1.29 is 4.79 Å². The second kappa shape index (κ2) is 32.2. The molecule has 0 aromatic rings. The summed E-state index contributed by atoms with van der Waals surface area (Å²) in [6.45, 7) is 4.56. The molecule has 0 heterocycles. The fraction of sp³-hybridized carbons (Fsp3) is 0.861. The van der Waals surface area contributed by atoms with Crippen LogP contribution in [-0.2, 0) is 4.79 Å². The molecule has 0 aliphatic rings. The van der Waals surface area contributed by atoms with E-state index in [1.807, 2.05) is 0 Å². The summed E-state index contributed by atoms with van der Waals surface area (Å²) < 4.78 is 0. The molecule has 0 radical (unpaired) electrons. The normalized spacial score (nSPS) is 12.7. The van der Waals surface area contributed by atoms with Crippen LogP contribution in [0.2, 0.25) is 0 Å². The first-order chi connectivity index (χ1) is 18.7. The Morgan fingerprint density at radius 1 is 0.447 bits per heavy atom. The smallest absolute Gasteiger partial charge is 0.220 e. The van der Waals surface area contributed by atoms with Gasteiger partial charge in [0.15, 0.2) is 0 Å². The molecular weight excluding hydrogens is 462 g/mol. The Morgan fingerprint density at radius 2 is 0.711 bits per heavy atom. The first-order valence-corrected chi connectivity index (χ1v) is 17.3. The third-order valence-electron chi connectivity index (χ3n) is 8.03. The van der Waals surface area contributed by atoms with Crippen molar-refractivity contribution >= 4 is 5.91 Å². The highest BCUT2D eigenvalue weighted by atomic mass is 16.1. The zero-order valence-corrected chi connectivity index (χ0v) is 26.2. The minimum atomic E-state index is -0.0737. The Balaban J connectivity index is 3.49. The molecule has 0 spiro atoms. The zero-order valence-electron chi connectivity index (χ0n) is 26.2. The largest absolute Gasteiger partial charge is 0.369 e. The minimum absolute atomic E-state index is 0.0737. The molecule has 0 aliphatic heterocycles. The summed E-state index contributed by atoms with van der Waals surface area (Å²) in [5.74, 6) is 0.0272. The van der Waals surface area contributed by atoms with E-state index in [2.05, 4.69) is 38.2 Å². The number of nitrogens with two attached hydrogens (primary N) is 1. The Hall–Kier alpha value is -1.05. The number of carbonyl (C=O) groups is 1. The molecule has 0 bridgehead atoms. The summed E-state index contributed by atoms with van der Waals surface area (Å²) in [5.41, 5.74) is 5.70. The molecule has 224 valence electrons. The van der Waals surface area contributed by atoms with Gasteiger partial charge in [0.25, 0.3) is 0 Å². The zero-order chi connectivity index (χ0) is 27.8. The van der Waals surface area contributed by atoms with E-state index >= 15 is 0 Å². The maximum absolute atomic E-state index is 11.9. The summed E-state index contributed by atoms with van der Waals surface area (Å²) in [5, 5.41) is 0. The number of rotatable bonds is 31. The fourth-order valence-electron chi connectivity index (χ4n) is 5.35. The van der Waals surface area contributed by atoms with E-state index in [-0.39, 0.29) is 11.8 Å². The van der Waals surface area contributed by atoms with E-state index in [0.29, 0.717) is 0 Å². The Morgan fingerprint density at radius 3 is 1.00 bits per heavy atom. The first-order valence-electron chi connectivity index (χ1n) is 17.3. The molecule has 0 fully saturated rings. The van der Waals surface area contributed by atoms with Crippen LogP contribution in [0.15, 0.2) is 24.3 Å². The molecule has 0 aromatic carbocycles. The number of carbonyl (C=O) groups excluding carboxylic acids is 1. The number of hydrogen-bond acceptors (Lipinski definition) is 1. The summed E-state index contributed by atoms with van der Waals surface area (Å²) >= 11 is 0. The van der Waals surface area contributed by atoms with Gasteiger partial charge in [0.1, 0.15) is 0 Å². The predicted molar refractivity (Wildman–Crippen MR) is 172 cm³/mol. The van der Waals surface area contributed by atoms with Gasteiger partial charge < -0.3 is 5.73 Å². The molecule has 1 unspecified atom stereocenters. The van der Waals surface area contributed by atoms with Gasteiger partial charge in [-0.3, -0.25) is 4.79 Å². The van der Waals surface area contributed by atoms with Gasteiger partial charge >= 0.3 is 0 Å². The lowest BCUT2D eigenvalue weighted by atomic mass is 9.93. The Kier molecular flexibility index (Phi) is 31.3. The van der Waals surface area contributed by atoms with Crippen LogP contribution >= 0.6 is 0 Å². The second-order valence-corrected chi connectivity index (χ2v) is 11.8. The molecule has 0 aliphatic carbocycles. The Bertz CT molecular complexity index is 523. The van der Waals surface area contributed by atoms with E-state index in [1.54, 1.807) is 0 Å². The van der Waals surface area contributed by atoms with Crippen LogP contribution in [-0.4, -0.2) is 5.91 Å². The maximum Gasteiger partial charge on any atom is 0.220 e. The van der Waals surface area contributed by atoms with Crippen molar-refractivity contribution in [3.8, 4) is 0 Å². The molecule has 0 saturated carbocycles.